The quantitative estimate of drug-likeness (QED) is 0.790. The molecule has 1 heterocycles. The fourth-order valence-corrected chi connectivity index (χ4v) is 2.85. The lowest BCUT2D eigenvalue weighted by Crippen LogP contribution is -2.37. The molecule has 118 valence electrons. The van der Waals surface area contributed by atoms with Crippen molar-refractivity contribution in [3.05, 3.63) is 23.8 Å². The normalized spacial score (nSPS) is 18.2. The van der Waals surface area contributed by atoms with Crippen molar-refractivity contribution in [2.24, 2.45) is 0 Å². The van der Waals surface area contributed by atoms with E-state index in [1.165, 1.54) is 18.5 Å². The fraction of sp³-hybridized carbons (Fsp3) is 0.647. The van der Waals surface area contributed by atoms with Crippen molar-refractivity contribution < 1.29 is 4.74 Å². The third-order valence-corrected chi connectivity index (χ3v) is 4.07. The average Bonchev–Trinajstić information content (AvgIpc) is 2.75. The number of nitrogens with one attached hydrogen (secondary N) is 1. The third-order valence-electron chi connectivity index (χ3n) is 4.07. The van der Waals surface area contributed by atoms with Crippen molar-refractivity contribution in [3.63, 3.8) is 0 Å². The van der Waals surface area contributed by atoms with Gasteiger partial charge in [0, 0.05) is 19.1 Å². The number of hydrogen-bond acceptors (Lipinski definition) is 4. The first-order valence-electron chi connectivity index (χ1n) is 8.16. The predicted octanol–water partition coefficient (Wildman–Crippen LogP) is 2.28. The summed E-state index contributed by atoms with van der Waals surface area (Å²) in [5, 5.41) is 3.45. The van der Waals surface area contributed by atoms with Crippen molar-refractivity contribution in [2.75, 3.05) is 38.5 Å². The molecule has 3 N–H and O–H groups in total. The topological polar surface area (TPSA) is 50.5 Å². The Bertz CT molecular complexity index is 428. The molecule has 1 aromatic rings. The monoisotopic (exact) mass is 291 g/mol. The van der Waals surface area contributed by atoms with Crippen molar-refractivity contribution in [1.82, 2.24) is 10.2 Å². The van der Waals surface area contributed by atoms with Gasteiger partial charge in [-0.3, -0.25) is 4.90 Å². The smallest absolute Gasteiger partial charge is 0.142 e. The Hall–Kier alpha value is -1.26. The summed E-state index contributed by atoms with van der Waals surface area (Å²) in [5.41, 5.74) is 8.14. The minimum Gasteiger partial charge on any atom is -0.491 e. The Labute approximate surface area is 128 Å². The van der Waals surface area contributed by atoms with Gasteiger partial charge in [0.05, 0.1) is 12.3 Å². The van der Waals surface area contributed by atoms with Gasteiger partial charge in [-0.1, -0.05) is 13.0 Å². The number of hydrogen-bond donors (Lipinski definition) is 2. The van der Waals surface area contributed by atoms with E-state index in [4.69, 9.17) is 10.5 Å². The molecule has 1 unspecified atom stereocenters. The third kappa shape index (κ3) is 4.90. The first-order chi connectivity index (χ1) is 10.2. The number of rotatable bonds is 6. The van der Waals surface area contributed by atoms with E-state index < -0.39 is 0 Å². The van der Waals surface area contributed by atoms with Crippen LogP contribution in [0.25, 0.3) is 0 Å². The molecule has 1 aromatic carbocycles. The molecule has 0 aliphatic carbocycles. The average molecular weight is 291 g/mol. The molecule has 1 aliphatic heterocycles. The Morgan fingerprint density at radius 2 is 2.19 bits per heavy atom. The summed E-state index contributed by atoms with van der Waals surface area (Å²) in [6.45, 7) is 9.68. The van der Waals surface area contributed by atoms with Gasteiger partial charge in [-0.05, 0) is 57.0 Å². The molecule has 0 radical (unpaired) electrons. The Morgan fingerprint density at radius 1 is 1.33 bits per heavy atom. The van der Waals surface area contributed by atoms with E-state index in [0.29, 0.717) is 6.04 Å². The van der Waals surface area contributed by atoms with Crippen LogP contribution in [-0.2, 0) is 6.42 Å². The summed E-state index contributed by atoms with van der Waals surface area (Å²) >= 11 is 0. The minimum atomic E-state index is 0.548. The summed E-state index contributed by atoms with van der Waals surface area (Å²) in [6, 6.07) is 6.77. The van der Waals surface area contributed by atoms with Gasteiger partial charge in [-0.2, -0.15) is 0 Å². The van der Waals surface area contributed by atoms with Crippen LogP contribution in [0, 0.1) is 0 Å². The van der Waals surface area contributed by atoms with Gasteiger partial charge >= 0.3 is 0 Å². The highest BCUT2D eigenvalue weighted by Gasteiger charge is 2.16. The number of ether oxygens (including phenoxy) is 1. The second kappa shape index (κ2) is 8.25. The van der Waals surface area contributed by atoms with Gasteiger partial charge in [0.2, 0.25) is 0 Å². The number of anilines is 1. The van der Waals surface area contributed by atoms with Gasteiger partial charge < -0.3 is 15.8 Å². The van der Waals surface area contributed by atoms with Gasteiger partial charge in [0.1, 0.15) is 5.75 Å². The maximum Gasteiger partial charge on any atom is 0.142 e. The highest BCUT2D eigenvalue weighted by molar-refractivity contribution is 5.54. The zero-order valence-corrected chi connectivity index (χ0v) is 13.4. The van der Waals surface area contributed by atoms with E-state index in [-0.39, 0.29) is 0 Å². The number of benzene rings is 1. The second-order valence-corrected chi connectivity index (χ2v) is 5.91. The van der Waals surface area contributed by atoms with Crippen LogP contribution in [0.3, 0.4) is 0 Å². The van der Waals surface area contributed by atoms with E-state index in [9.17, 15) is 0 Å². The molecule has 0 bridgehead atoms. The molecule has 4 heteroatoms. The summed E-state index contributed by atoms with van der Waals surface area (Å²) in [6.07, 6.45) is 3.27. The lowest BCUT2D eigenvalue weighted by molar-refractivity contribution is 0.221. The van der Waals surface area contributed by atoms with Crippen molar-refractivity contribution >= 4 is 5.69 Å². The van der Waals surface area contributed by atoms with E-state index in [1.54, 1.807) is 0 Å². The summed E-state index contributed by atoms with van der Waals surface area (Å²) < 4.78 is 5.64. The first kappa shape index (κ1) is 16.1. The van der Waals surface area contributed by atoms with Crippen molar-refractivity contribution in [1.29, 1.82) is 0 Å². The van der Waals surface area contributed by atoms with Crippen LogP contribution in [0.2, 0.25) is 0 Å². The molecule has 0 saturated carbocycles. The molecule has 1 aliphatic rings. The minimum absolute atomic E-state index is 0.548. The van der Waals surface area contributed by atoms with Crippen LogP contribution in [-0.4, -0.2) is 43.7 Å². The highest BCUT2D eigenvalue weighted by Crippen LogP contribution is 2.24. The molecule has 0 spiro atoms. The fourth-order valence-electron chi connectivity index (χ4n) is 2.85. The van der Waals surface area contributed by atoms with E-state index in [2.05, 4.69) is 36.2 Å². The molecule has 1 saturated heterocycles. The van der Waals surface area contributed by atoms with Crippen LogP contribution in [0.15, 0.2) is 18.2 Å². The standard InChI is InChI=1S/C17H29N3O/c1-3-11-21-17-6-5-15(13-16(17)18)12-14(2)20-9-4-7-19-8-10-20/h5-6,13-14,19H,3-4,7-12,18H2,1-2H3. The molecular formula is C17H29N3O. The lowest BCUT2D eigenvalue weighted by Gasteiger charge is -2.27. The van der Waals surface area contributed by atoms with Crippen LogP contribution < -0.4 is 15.8 Å². The van der Waals surface area contributed by atoms with Gasteiger partial charge in [0.15, 0.2) is 0 Å². The number of nitrogen functional groups attached to an aromatic ring is 1. The Kier molecular flexibility index (Phi) is 6.33. The summed E-state index contributed by atoms with van der Waals surface area (Å²) in [4.78, 5) is 2.57. The van der Waals surface area contributed by atoms with Gasteiger partial charge in [0.25, 0.3) is 0 Å². The van der Waals surface area contributed by atoms with Crippen molar-refractivity contribution in [2.45, 2.75) is 39.2 Å². The van der Waals surface area contributed by atoms with E-state index >= 15 is 0 Å². The summed E-state index contributed by atoms with van der Waals surface area (Å²) in [7, 11) is 0. The Morgan fingerprint density at radius 3 is 2.95 bits per heavy atom. The molecule has 0 aromatic heterocycles. The molecule has 0 amide bonds. The van der Waals surface area contributed by atoms with Crippen molar-refractivity contribution in [3.8, 4) is 5.75 Å². The molecule has 21 heavy (non-hydrogen) atoms. The zero-order chi connectivity index (χ0) is 15.1. The second-order valence-electron chi connectivity index (χ2n) is 5.91. The van der Waals surface area contributed by atoms with Crippen LogP contribution in [0.1, 0.15) is 32.3 Å². The Balaban J connectivity index is 1.93. The largest absolute Gasteiger partial charge is 0.491 e. The lowest BCUT2D eigenvalue weighted by atomic mass is 10.0. The van der Waals surface area contributed by atoms with E-state index in [1.807, 2.05) is 6.07 Å². The molecule has 4 nitrogen and oxygen atoms in total. The van der Waals surface area contributed by atoms with Gasteiger partial charge in [-0.15, -0.1) is 0 Å². The first-order valence-corrected chi connectivity index (χ1v) is 8.16. The summed E-state index contributed by atoms with van der Waals surface area (Å²) in [5.74, 6) is 0.812. The predicted molar refractivity (Wildman–Crippen MR) is 88.9 cm³/mol. The highest BCUT2D eigenvalue weighted by atomic mass is 16.5. The SMILES string of the molecule is CCCOc1ccc(CC(C)N2CCCNCC2)cc1N. The van der Waals surface area contributed by atoms with Crippen LogP contribution in [0.4, 0.5) is 5.69 Å². The molecule has 1 atom stereocenters. The maximum atomic E-state index is 6.09. The molecule has 1 fully saturated rings. The molecule has 2 rings (SSSR count). The molecular weight excluding hydrogens is 262 g/mol. The zero-order valence-electron chi connectivity index (χ0n) is 13.4. The van der Waals surface area contributed by atoms with Crippen LogP contribution >= 0.6 is 0 Å². The maximum absolute atomic E-state index is 6.09. The van der Waals surface area contributed by atoms with Crippen LogP contribution in [0.5, 0.6) is 5.75 Å². The van der Waals surface area contributed by atoms with E-state index in [0.717, 1.165) is 50.5 Å². The number of nitrogens with two attached hydrogens (primary N) is 1. The number of nitrogens with zero attached hydrogens (tertiary/aromatic N) is 1. The van der Waals surface area contributed by atoms with Gasteiger partial charge in [-0.25, -0.2) is 0 Å².